The predicted molar refractivity (Wildman–Crippen MR) is 149 cm³/mol. The smallest absolute Gasteiger partial charge is 0.295 e. The van der Waals surface area contributed by atoms with Gasteiger partial charge >= 0.3 is 0 Å². The van der Waals surface area contributed by atoms with Crippen molar-refractivity contribution in [3.8, 4) is 17.2 Å². The van der Waals surface area contributed by atoms with E-state index in [9.17, 15) is 19.8 Å². The third kappa shape index (κ3) is 6.07. The van der Waals surface area contributed by atoms with Crippen molar-refractivity contribution < 1.29 is 29.3 Å². The summed E-state index contributed by atoms with van der Waals surface area (Å²) < 4.78 is 11.2. The number of amides is 1. The van der Waals surface area contributed by atoms with Gasteiger partial charge in [0, 0.05) is 12.1 Å². The summed E-state index contributed by atoms with van der Waals surface area (Å²) in [5.74, 6) is -0.946. The average molecular weight is 531 g/mol. The number of Topliss-reactive ketones (excluding diaryl/α,β-unsaturated/α-hetero) is 1. The Labute approximate surface area is 228 Å². The van der Waals surface area contributed by atoms with Gasteiger partial charge < -0.3 is 29.5 Å². The van der Waals surface area contributed by atoms with E-state index in [1.807, 2.05) is 50.2 Å². The van der Waals surface area contributed by atoms with E-state index in [1.165, 1.54) is 18.1 Å². The van der Waals surface area contributed by atoms with E-state index >= 15 is 0 Å². The highest BCUT2D eigenvalue weighted by molar-refractivity contribution is 6.46. The number of rotatable bonds is 10. The molecule has 0 saturated carbocycles. The van der Waals surface area contributed by atoms with Gasteiger partial charge in [0.1, 0.15) is 18.1 Å². The van der Waals surface area contributed by atoms with Gasteiger partial charge in [0.2, 0.25) is 0 Å². The molecule has 8 nitrogen and oxygen atoms in total. The molecule has 204 valence electrons. The van der Waals surface area contributed by atoms with Crippen molar-refractivity contribution in [1.82, 2.24) is 9.80 Å². The quantitative estimate of drug-likeness (QED) is 0.223. The molecular weight excluding hydrogens is 496 g/mol. The first-order chi connectivity index (χ1) is 18.7. The molecule has 0 spiro atoms. The average Bonchev–Trinajstić information content (AvgIpc) is 3.17. The summed E-state index contributed by atoms with van der Waals surface area (Å²) in [6.07, 6.45) is 0.638. The molecule has 0 aromatic heterocycles. The second-order valence-electron chi connectivity index (χ2n) is 9.82. The van der Waals surface area contributed by atoms with Crippen molar-refractivity contribution in [3.63, 3.8) is 0 Å². The Bertz CT molecular complexity index is 1380. The van der Waals surface area contributed by atoms with Gasteiger partial charge in [-0.15, -0.1) is 0 Å². The summed E-state index contributed by atoms with van der Waals surface area (Å²) in [7, 11) is 5.30. The number of ether oxygens (including phenoxy) is 2. The van der Waals surface area contributed by atoms with Crippen molar-refractivity contribution in [2.24, 2.45) is 0 Å². The number of hydrogen-bond donors (Lipinski definition) is 2. The van der Waals surface area contributed by atoms with E-state index in [-0.39, 0.29) is 22.8 Å². The number of hydrogen-bond acceptors (Lipinski definition) is 7. The molecule has 3 aromatic rings. The zero-order valence-corrected chi connectivity index (χ0v) is 22.7. The number of aryl methyl sites for hydroxylation is 1. The number of aliphatic hydroxyl groups is 1. The Morgan fingerprint density at radius 3 is 2.41 bits per heavy atom. The summed E-state index contributed by atoms with van der Waals surface area (Å²) >= 11 is 0. The molecule has 1 amide bonds. The lowest BCUT2D eigenvalue weighted by Crippen LogP contribution is -2.32. The van der Waals surface area contributed by atoms with Crippen LogP contribution >= 0.6 is 0 Å². The van der Waals surface area contributed by atoms with Gasteiger partial charge in [-0.05, 0) is 87.1 Å². The number of nitrogens with zero attached hydrogens (tertiary/aromatic N) is 2. The van der Waals surface area contributed by atoms with Gasteiger partial charge in [0.05, 0.1) is 18.7 Å². The second-order valence-corrected chi connectivity index (χ2v) is 9.82. The lowest BCUT2D eigenvalue weighted by Gasteiger charge is -2.26. The predicted octanol–water partition coefficient (Wildman–Crippen LogP) is 4.66. The fraction of sp³-hybridized carbons (Fsp3) is 0.290. The molecule has 0 aliphatic carbocycles. The zero-order chi connectivity index (χ0) is 28.1. The van der Waals surface area contributed by atoms with E-state index in [0.717, 1.165) is 17.7 Å². The molecule has 2 N–H and O–H groups in total. The highest BCUT2D eigenvalue weighted by Crippen LogP contribution is 2.42. The van der Waals surface area contributed by atoms with Gasteiger partial charge in [0.25, 0.3) is 11.7 Å². The van der Waals surface area contributed by atoms with Crippen molar-refractivity contribution >= 4 is 17.4 Å². The number of ketones is 1. The van der Waals surface area contributed by atoms with Crippen LogP contribution in [0.2, 0.25) is 0 Å². The lowest BCUT2D eigenvalue weighted by molar-refractivity contribution is -0.139. The molecule has 8 heteroatoms. The van der Waals surface area contributed by atoms with Crippen LogP contribution in [-0.2, 0) is 16.2 Å². The second kappa shape index (κ2) is 12.0. The number of benzene rings is 3. The van der Waals surface area contributed by atoms with Gasteiger partial charge in [-0.1, -0.05) is 30.3 Å². The number of carbonyl (C=O) groups excluding carboxylic acids is 2. The van der Waals surface area contributed by atoms with Crippen LogP contribution in [0.3, 0.4) is 0 Å². The first-order valence-corrected chi connectivity index (χ1v) is 12.8. The summed E-state index contributed by atoms with van der Waals surface area (Å²) in [6, 6.07) is 18.6. The van der Waals surface area contributed by atoms with Crippen LogP contribution in [0.15, 0.2) is 72.3 Å². The molecule has 1 heterocycles. The Morgan fingerprint density at radius 2 is 1.74 bits per heavy atom. The topological polar surface area (TPSA) is 99.5 Å². The van der Waals surface area contributed by atoms with Crippen molar-refractivity contribution in [2.45, 2.75) is 26.0 Å². The number of aromatic hydroxyl groups is 1. The maximum Gasteiger partial charge on any atom is 0.295 e. The summed E-state index contributed by atoms with van der Waals surface area (Å²) in [5, 5.41) is 21.4. The van der Waals surface area contributed by atoms with Gasteiger partial charge in [-0.2, -0.15) is 0 Å². The first kappa shape index (κ1) is 27.7. The normalized spacial score (nSPS) is 16.6. The monoisotopic (exact) mass is 530 g/mol. The van der Waals surface area contributed by atoms with Crippen LogP contribution in [0.5, 0.6) is 17.2 Å². The molecule has 39 heavy (non-hydrogen) atoms. The molecule has 1 aliphatic heterocycles. The minimum atomic E-state index is -0.835. The maximum atomic E-state index is 13.3. The van der Waals surface area contributed by atoms with E-state index < -0.39 is 17.7 Å². The molecule has 1 atom stereocenters. The van der Waals surface area contributed by atoms with Crippen LogP contribution in [0.1, 0.15) is 34.7 Å². The van der Waals surface area contributed by atoms with Crippen LogP contribution in [-0.4, -0.2) is 66.0 Å². The molecule has 1 saturated heterocycles. The molecule has 1 fully saturated rings. The molecular formula is C31H34N2O6. The SMILES string of the molecule is COc1cc([C@H]2C(=C(O)c3ccc(OCc4ccccc4C)cc3)C(=O)C(=O)N2CCCN(C)C)ccc1O. The molecule has 3 aromatic carbocycles. The number of likely N-dealkylation sites (tertiary alicyclic amines) is 1. The molecule has 0 unspecified atom stereocenters. The third-order valence-electron chi connectivity index (χ3n) is 6.85. The number of phenolic OH excluding ortho intramolecular Hbond substituents is 1. The van der Waals surface area contributed by atoms with Crippen molar-refractivity contribution in [2.75, 3.05) is 34.3 Å². The zero-order valence-electron chi connectivity index (χ0n) is 22.7. The molecule has 0 bridgehead atoms. The van der Waals surface area contributed by atoms with Crippen molar-refractivity contribution in [3.05, 3.63) is 94.6 Å². The Kier molecular flexibility index (Phi) is 8.56. The fourth-order valence-electron chi connectivity index (χ4n) is 4.68. The van der Waals surface area contributed by atoms with Crippen molar-refractivity contribution in [1.29, 1.82) is 0 Å². The minimum absolute atomic E-state index is 0.00817. The minimum Gasteiger partial charge on any atom is -0.507 e. The summed E-state index contributed by atoms with van der Waals surface area (Å²) in [5.41, 5.74) is 3.14. The molecule has 1 aliphatic rings. The van der Waals surface area contributed by atoms with Crippen LogP contribution in [0, 0.1) is 6.92 Å². The van der Waals surface area contributed by atoms with Crippen LogP contribution in [0.4, 0.5) is 0 Å². The molecule has 0 radical (unpaired) electrons. The fourth-order valence-corrected chi connectivity index (χ4v) is 4.68. The van der Waals surface area contributed by atoms with E-state index in [4.69, 9.17) is 9.47 Å². The highest BCUT2D eigenvalue weighted by atomic mass is 16.5. The Balaban J connectivity index is 1.67. The van der Waals surface area contributed by atoms with Crippen LogP contribution in [0.25, 0.3) is 5.76 Å². The number of phenols is 1. The van der Waals surface area contributed by atoms with Gasteiger partial charge in [0.15, 0.2) is 11.5 Å². The number of carbonyl (C=O) groups is 2. The number of methoxy groups -OCH3 is 1. The van der Waals surface area contributed by atoms with E-state index in [0.29, 0.717) is 36.4 Å². The summed E-state index contributed by atoms with van der Waals surface area (Å²) in [6.45, 7) is 3.46. The Morgan fingerprint density at radius 1 is 1.03 bits per heavy atom. The molecule has 4 rings (SSSR count). The number of aliphatic hydroxyl groups excluding tert-OH is 1. The first-order valence-electron chi connectivity index (χ1n) is 12.8. The Hall–Kier alpha value is -4.30. The van der Waals surface area contributed by atoms with E-state index in [2.05, 4.69) is 0 Å². The van der Waals surface area contributed by atoms with E-state index in [1.54, 1.807) is 36.4 Å². The largest absolute Gasteiger partial charge is 0.507 e. The van der Waals surface area contributed by atoms with Gasteiger partial charge in [-0.25, -0.2) is 0 Å². The highest BCUT2D eigenvalue weighted by Gasteiger charge is 2.46. The maximum absolute atomic E-state index is 13.3. The summed E-state index contributed by atoms with van der Waals surface area (Å²) in [4.78, 5) is 29.9. The lowest BCUT2D eigenvalue weighted by atomic mass is 9.95. The van der Waals surface area contributed by atoms with Crippen LogP contribution < -0.4 is 9.47 Å². The third-order valence-corrected chi connectivity index (χ3v) is 6.85. The standard InChI is InChI=1S/C31H34N2O6/c1-20-8-5-6-9-23(20)19-39-24-13-10-21(11-14-24)29(35)27-28(22-12-15-25(34)26(18-22)38-4)33(31(37)30(27)36)17-7-16-32(2)3/h5-6,8-15,18,28,34-35H,7,16-17,19H2,1-4H3/t28-/m0/s1. The van der Waals surface area contributed by atoms with Gasteiger partial charge in [-0.3, -0.25) is 9.59 Å².